The van der Waals surface area contributed by atoms with E-state index in [2.05, 4.69) is 0 Å². The van der Waals surface area contributed by atoms with Crippen LogP contribution in [0.5, 0.6) is 0 Å². The van der Waals surface area contributed by atoms with E-state index in [1.807, 2.05) is 0 Å². The van der Waals surface area contributed by atoms with Gasteiger partial charge in [0.25, 0.3) is 0 Å². The van der Waals surface area contributed by atoms with E-state index in [0.29, 0.717) is 0 Å². The molecule has 89 heteroatoms. The zero-order valence-corrected chi connectivity index (χ0v) is 187. The third-order valence-electron chi connectivity index (χ3n) is 0. The second-order valence-electron chi connectivity index (χ2n) is 0. The van der Waals surface area contributed by atoms with Gasteiger partial charge in [0, 0.05) is 0 Å². The summed E-state index contributed by atoms with van der Waals surface area (Å²) in [6.45, 7) is 0. The van der Waals surface area contributed by atoms with Crippen molar-refractivity contribution < 1.29 is 5.48 Å². The van der Waals surface area contributed by atoms with Crippen molar-refractivity contribution in [1.82, 2.24) is 0 Å². The molecular weight excluding hydrogens is 2150 g/mol. The molecule has 0 saturated carbocycles. The predicted octanol–water partition coefficient (Wildman–Crippen LogP) is -34.3. The SMILES string of the molecule is O.[Mg+2].[Mg+2].[Mg+2].[Mg+2].[Mg+2].[Mg+2].[Mg+2].[Mg+2].[Mg+2].[Mg+2].[Mg+2].[Mg+2].[Mg+2].[Mg+2].[Mg+2].[Mg+2].[Mg+2].[Mg+2].[Mg+2].[Mg+2].[Mg+2].[Mg+2].[Mg+2].[Mg+2].[Mg+2].[Mg+2].[Mg+2].[Mg+2].[Mg+2].[Mg+2].[Mg+2].[Mg+2].[Mg+2].[Mg+2].[Mg+2].[Mg+2].[Mg+2].[Mg+2].[Mg+2].[Mg+2].[Mg+2].[Mg+2].[Mg+2].[Mg+2].[Mg+2].[Mg+2].[Mg+2].[Mg+2].[Mg+2].[Mg+2].[Mg+2].[Mg+2].[Mg+2].[Mg+2].[Mg+2].[Mg+2].[Mg+2].[Mg+2].[Mg+2].[Mg+2].[Mg+2].[Mg+2].[Mg+2].[Mg+2].[Mg+2].[Mg+2].[Mg+2].[Mg+2].[Mg+2].[Mg+2].[Mg+2].[Mg+2].[Mg+2].[Mg+2].[Mg+2].[Mg+2].[Mg+2].[Mg+2].[Mg+2].[Mg+2].[Mg+2].[Mg+2].[Mg+2].[Mg+2].[Mg+2].[Mg+2].[Mg+2].[Mg+2]. The van der Waals surface area contributed by atoms with Crippen LogP contribution in [0.15, 0.2) is 0 Å². The molecule has 1 nitrogen and oxygen atoms in total. The molecule has 0 aliphatic rings. The van der Waals surface area contributed by atoms with Crippen molar-refractivity contribution in [3.05, 3.63) is 0 Å². The van der Waals surface area contributed by atoms with E-state index in [1.165, 1.54) is 0 Å². The fourth-order valence-corrected chi connectivity index (χ4v) is 0. The standard InChI is InChI=1S/88Mg.H2O/h;;;;;;;;;;;;;;;;;;;;;;;;;;;;;;;;;;;;;;;;;;;;;;;;;;;;;;;;;;;;;;;;;;;;;;;;;;;;;;;;;;;;;;;;1H2/q88*+2;. The Hall–Kier alpha value is 67.4. The zero-order chi connectivity index (χ0) is 0. The van der Waals surface area contributed by atoms with Gasteiger partial charge in [0.15, 0.2) is 0 Å². The van der Waals surface area contributed by atoms with Gasteiger partial charge >= 0.3 is 2030 Å². The third kappa shape index (κ3) is 805. The van der Waals surface area contributed by atoms with Gasteiger partial charge in [0.05, 0.1) is 0 Å². The molecule has 0 aromatic heterocycles. The molecule has 0 aromatic carbocycles. The van der Waals surface area contributed by atoms with Gasteiger partial charge in [-0.2, -0.15) is 0 Å². The Morgan fingerprint density at radius 3 is 0.0225 bits per heavy atom. The van der Waals surface area contributed by atoms with Crippen molar-refractivity contribution in [1.29, 1.82) is 0 Å². The first-order valence-electron chi connectivity index (χ1n) is 0. The van der Waals surface area contributed by atoms with Crippen molar-refractivity contribution in [3.63, 3.8) is 0 Å². The molecule has 0 fully saturated rings. The van der Waals surface area contributed by atoms with E-state index in [-0.39, 0.29) is 2030 Å². The van der Waals surface area contributed by atoms with Crippen molar-refractivity contribution in [2.45, 2.75) is 0 Å². The minimum absolute atomic E-state index is 0. The average Bonchev–Trinajstić information content (AvgIpc) is 0. The van der Waals surface area contributed by atoms with Crippen molar-refractivity contribution in [2.24, 2.45) is 0 Å². The van der Waals surface area contributed by atoms with Gasteiger partial charge in [0.1, 0.15) is 0 Å². The van der Waals surface area contributed by atoms with Gasteiger partial charge in [-0.05, 0) is 0 Å². The van der Waals surface area contributed by atoms with E-state index in [4.69, 9.17) is 0 Å². The van der Waals surface area contributed by atoms with E-state index >= 15 is 0 Å². The monoisotopic (exact) mass is 2130 g/mol. The Balaban J connectivity index is 0. The molecule has 0 aromatic rings. The summed E-state index contributed by atoms with van der Waals surface area (Å²) >= 11 is 0. The Kier molecular flexibility index (Phi) is 7620. The van der Waals surface area contributed by atoms with E-state index in [0.717, 1.165) is 0 Å². The summed E-state index contributed by atoms with van der Waals surface area (Å²) in [5.74, 6) is 0. The molecule has 0 radical (unpaired) electrons. The molecule has 0 aliphatic heterocycles. The minimum atomic E-state index is 0. The molecular formula is H2Mg88O+176. The number of hydrogen-bond donors (Lipinski definition) is 0. The second kappa shape index (κ2) is 816. The maximum atomic E-state index is 0. The summed E-state index contributed by atoms with van der Waals surface area (Å²) in [7, 11) is 0. The molecule has 0 bridgehead atoms. The van der Waals surface area contributed by atoms with Gasteiger partial charge in [-0.15, -0.1) is 0 Å². The maximum Gasteiger partial charge on any atom is 2.00 e. The minimum Gasteiger partial charge on any atom is -0.412 e. The van der Waals surface area contributed by atoms with E-state index in [9.17, 15) is 0 Å². The molecule has 0 heterocycles. The van der Waals surface area contributed by atoms with Crippen LogP contribution in [0, 0.1) is 0 Å². The van der Waals surface area contributed by atoms with Crippen LogP contribution in [-0.2, 0) is 0 Å². The normalized spacial score (nSPS) is 0. The molecule has 0 rings (SSSR count). The molecule has 89 heavy (non-hydrogen) atoms. The van der Waals surface area contributed by atoms with Crippen LogP contribution in [0.3, 0.4) is 0 Å². The summed E-state index contributed by atoms with van der Waals surface area (Å²) in [5.41, 5.74) is 0. The third-order valence-corrected chi connectivity index (χ3v) is 0. The average molecular weight is 2160 g/mol. The van der Waals surface area contributed by atoms with Gasteiger partial charge in [-0.25, -0.2) is 0 Å². The van der Waals surface area contributed by atoms with Crippen LogP contribution >= 0.6 is 0 Å². The Morgan fingerprint density at radius 1 is 0.0225 bits per heavy atom. The smallest absolute Gasteiger partial charge is 0.412 e. The van der Waals surface area contributed by atoms with Gasteiger partial charge in [-0.3, -0.25) is 0 Å². The quantitative estimate of drug-likeness (QED) is 0.217. The van der Waals surface area contributed by atoms with Crippen LogP contribution in [0.2, 0.25) is 0 Å². The fraction of sp³-hybridized carbons (Fsp3) is 0. The van der Waals surface area contributed by atoms with Crippen molar-refractivity contribution in [3.8, 4) is 0 Å². The van der Waals surface area contributed by atoms with Crippen LogP contribution in [0.25, 0.3) is 0 Å². The molecule has 0 saturated heterocycles. The Bertz CT molecular complexity index is 7.91. The summed E-state index contributed by atoms with van der Waals surface area (Å²) < 4.78 is 0. The van der Waals surface area contributed by atoms with Crippen molar-refractivity contribution >= 4 is 2030 Å². The molecule has 0 aliphatic carbocycles. The van der Waals surface area contributed by atoms with Gasteiger partial charge in [-0.1, -0.05) is 0 Å². The first-order valence-corrected chi connectivity index (χ1v) is 0. The zero-order valence-electron chi connectivity index (χ0n) is 62.7. The molecule has 0 spiro atoms. The predicted molar refractivity (Wildman–Crippen MR) is 510 cm³/mol. The second-order valence-corrected chi connectivity index (χ2v) is 0. The van der Waals surface area contributed by atoms with Crippen LogP contribution < -0.4 is 0 Å². The fourth-order valence-electron chi connectivity index (χ4n) is 0. The summed E-state index contributed by atoms with van der Waals surface area (Å²) in [6.07, 6.45) is 0. The summed E-state index contributed by atoms with van der Waals surface area (Å²) in [6, 6.07) is 0. The Labute approximate surface area is 1970 Å². The first kappa shape index (κ1) is 832. The van der Waals surface area contributed by atoms with Gasteiger partial charge < -0.3 is 5.48 Å². The molecule has 8 valence electrons. The topological polar surface area (TPSA) is 31.5 Å². The van der Waals surface area contributed by atoms with Crippen molar-refractivity contribution in [2.75, 3.05) is 0 Å². The van der Waals surface area contributed by atoms with Crippen LogP contribution in [0.1, 0.15) is 0 Å². The summed E-state index contributed by atoms with van der Waals surface area (Å²) in [4.78, 5) is 0. The number of rotatable bonds is 0. The number of hydrogen-bond acceptors (Lipinski definition) is 0. The largest absolute Gasteiger partial charge is 2.00 e. The summed E-state index contributed by atoms with van der Waals surface area (Å²) in [5, 5.41) is 0. The Morgan fingerprint density at radius 2 is 0.0225 bits per heavy atom. The van der Waals surface area contributed by atoms with Crippen LogP contribution in [0.4, 0.5) is 0 Å². The van der Waals surface area contributed by atoms with E-state index < -0.39 is 0 Å². The molecule has 2 N–H and O–H groups in total. The molecule has 0 amide bonds. The van der Waals surface area contributed by atoms with E-state index in [1.54, 1.807) is 0 Å². The molecule has 0 unspecified atom stereocenters. The first-order chi connectivity index (χ1) is 0. The molecule has 0 atom stereocenters. The van der Waals surface area contributed by atoms with Gasteiger partial charge in [0.2, 0.25) is 0 Å². The van der Waals surface area contributed by atoms with Crippen LogP contribution in [-0.4, -0.2) is 2030 Å². The maximum absolute atomic E-state index is 0.